The first-order valence-corrected chi connectivity index (χ1v) is 13.1. The molecular weight excluding hydrogens is 458 g/mol. The zero-order valence-corrected chi connectivity index (χ0v) is 21.9. The quantitative estimate of drug-likeness (QED) is 0.576. The predicted octanol–water partition coefficient (Wildman–Crippen LogP) is 3.06. The lowest BCUT2D eigenvalue weighted by Gasteiger charge is -2.60. The number of amides is 1. The number of anilines is 1. The zero-order valence-electron chi connectivity index (χ0n) is 21.9. The fourth-order valence-electron chi connectivity index (χ4n) is 9.18. The molecule has 8 heteroatoms. The van der Waals surface area contributed by atoms with Gasteiger partial charge in [0, 0.05) is 13.1 Å². The molecule has 5 atom stereocenters. The number of nitrogens with one attached hydrogen (secondary N) is 1. The lowest BCUT2D eigenvalue weighted by molar-refractivity contribution is -0.125. The van der Waals surface area contributed by atoms with Gasteiger partial charge in [-0.3, -0.25) is 14.5 Å². The number of carbonyl (C=O) groups is 2. The highest BCUT2D eigenvalue weighted by atomic mass is 16.5. The smallest absolute Gasteiger partial charge is 0.235 e. The molecule has 0 aromatic heterocycles. The van der Waals surface area contributed by atoms with Crippen molar-refractivity contribution in [2.24, 2.45) is 16.3 Å². The molecule has 1 saturated carbocycles. The summed E-state index contributed by atoms with van der Waals surface area (Å²) in [4.78, 5) is 35.0. The Balaban J connectivity index is 1.42. The van der Waals surface area contributed by atoms with Gasteiger partial charge in [-0.1, -0.05) is 19.9 Å². The third-order valence-electron chi connectivity index (χ3n) is 10.8. The molecule has 8 rings (SSSR count). The molecule has 3 fully saturated rings. The summed E-state index contributed by atoms with van der Waals surface area (Å²) in [6, 6.07) is 3.85. The van der Waals surface area contributed by atoms with Crippen LogP contribution in [0.5, 0.6) is 5.75 Å². The molecule has 1 aromatic carbocycles. The predicted molar refractivity (Wildman–Crippen MR) is 134 cm³/mol. The van der Waals surface area contributed by atoms with Crippen LogP contribution in [0.15, 0.2) is 17.1 Å². The van der Waals surface area contributed by atoms with Crippen LogP contribution in [0, 0.1) is 11.3 Å². The first kappa shape index (κ1) is 22.7. The van der Waals surface area contributed by atoms with Gasteiger partial charge in [0.15, 0.2) is 5.78 Å². The molecule has 1 aliphatic carbocycles. The summed E-state index contributed by atoms with van der Waals surface area (Å²) in [5, 5.41) is 14.7. The number of hydrogen-bond acceptors (Lipinski definition) is 7. The van der Waals surface area contributed by atoms with Crippen LogP contribution in [0.4, 0.5) is 5.69 Å². The Labute approximate surface area is 211 Å². The summed E-state index contributed by atoms with van der Waals surface area (Å²) in [7, 11) is 1.64. The highest BCUT2D eigenvalue weighted by molar-refractivity contribution is 6.15. The number of rotatable bonds is 0. The third kappa shape index (κ3) is 2.21. The number of fused-ring (bicyclic) bond motifs is 4. The molecule has 36 heavy (non-hydrogen) atoms. The van der Waals surface area contributed by atoms with Gasteiger partial charge in [0.05, 0.1) is 41.3 Å². The Morgan fingerprint density at radius 3 is 2.67 bits per heavy atom. The summed E-state index contributed by atoms with van der Waals surface area (Å²) < 4.78 is 12.0. The average molecular weight is 494 g/mol. The summed E-state index contributed by atoms with van der Waals surface area (Å²) in [6.45, 7) is 11.5. The molecule has 192 valence electrons. The van der Waals surface area contributed by atoms with E-state index in [1.807, 2.05) is 32.9 Å². The molecule has 1 aromatic rings. The number of Topliss-reactive ketones (excluding diaryl/α,β-unsaturated/α-hetero) is 1. The van der Waals surface area contributed by atoms with Crippen molar-refractivity contribution in [2.45, 2.75) is 88.0 Å². The lowest BCUT2D eigenvalue weighted by atomic mass is 9.56. The fourth-order valence-corrected chi connectivity index (χ4v) is 9.18. The van der Waals surface area contributed by atoms with Crippen molar-refractivity contribution < 1.29 is 24.2 Å². The molecule has 1 amide bonds. The second kappa shape index (κ2) is 6.16. The molecule has 2 saturated heterocycles. The van der Waals surface area contributed by atoms with Crippen molar-refractivity contribution in [3.05, 3.63) is 23.3 Å². The average Bonchev–Trinajstić information content (AvgIpc) is 3.30. The first-order valence-electron chi connectivity index (χ1n) is 13.1. The molecule has 2 N–H and O–H groups in total. The standard InChI is InChI=1S/C28H35N3O5/c1-23(2)11-16(32)19-17(36-23)8-7-15-20(19)29-21(33)27(15)13-26-14-31-10-9-25(5,34)28(31,22(30-26)35-6)12-18(26)24(27,3)4/h7-8,18,34H,9-14H2,1-6H3,(H,29,33). The Morgan fingerprint density at radius 1 is 1.19 bits per heavy atom. The van der Waals surface area contributed by atoms with E-state index < -0.39 is 33.1 Å². The van der Waals surface area contributed by atoms with Gasteiger partial charge in [-0.15, -0.1) is 0 Å². The minimum atomic E-state index is -0.967. The number of methoxy groups -OCH3 is 1. The molecule has 7 aliphatic rings. The van der Waals surface area contributed by atoms with Crippen LogP contribution in [-0.4, -0.2) is 70.1 Å². The van der Waals surface area contributed by atoms with E-state index in [9.17, 15) is 14.7 Å². The van der Waals surface area contributed by atoms with E-state index >= 15 is 0 Å². The zero-order chi connectivity index (χ0) is 25.7. The number of piperidine rings is 1. The SMILES string of the molecule is COC1=NC23CN4CCC(C)(O)C14CC2C(C)(C)C1(C3)C(=O)Nc2c1ccc1c2C(=O)CC(C)(C)O1. The van der Waals surface area contributed by atoms with Gasteiger partial charge < -0.3 is 19.9 Å². The van der Waals surface area contributed by atoms with Crippen LogP contribution in [0.25, 0.3) is 0 Å². The number of benzene rings is 1. The molecule has 6 aliphatic heterocycles. The van der Waals surface area contributed by atoms with E-state index in [2.05, 4.69) is 24.1 Å². The van der Waals surface area contributed by atoms with E-state index in [0.29, 0.717) is 48.7 Å². The van der Waals surface area contributed by atoms with E-state index in [1.165, 1.54) is 0 Å². The minimum Gasteiger partial charge on any atom is -0.487 e. The van der Waals surface area contributed by atoms with Gasteiger partial charge in [-0.2, -0.15) is 0 Å². The van der Waals surface area contributed by atoms with Gasteiger partial charge in [0.1, 0.15) is 16.9 Å². The van der Waals surface area contributed by atoms with Gasteiger partial charge in [0.2, 0.25) is 11.8 Å². The van der Waals surface area contributed by atoms with Crippen molar-refractivity contribution in [1.82, 2.24) is 4.90 Å². The monoisotopic (exact) mass is 493 g/mol. The molecule has 3 spiro atoms. The Hall–Kier alpha value is -2.45. The third-order valence-corrected chi connectivity index (χ3v) is 10.8. The number of hydrogen-bond donors (Lipinski definition) is 2. The summed E-state index contributed by atoms with van der Waals surface area (Å²) >= 11 is 0. The summed E-state index contributed by atoms with van der Waals surface area (Å²) in [5.74, 6) is 1.12. The maximum Gasteiger partial charge on any atom is 0.235 e. The fraction of sp³-hybridized carbons (Fsp3) is 0.679. The largest absolute Gasteiger partial charge is 0.487 e. The molecule has 0 radical (unpaired) electrons. The number of nitrogens with zero attached hydrogens (tertiary/aromatic N) is 2. The number of ether oxygens (including phenoxy) is 2. The molecular formula is C28H35N3O5. The molecule has 5 unspecified atom stereocenters. The van der Waals surface area contributed by atoms with E-state index in [1.54, 1.807) is 7.11 Å². The number of carbonyl (C=O) groups excluding carboxylic acids is 2. The minimum absolute atomic E-state index is 0.00182. The maximum absolute atomic E-state index is 14.1. The van der Waals surface area contributed by atoms with Crippen molar-refractivity contribution in [1.29, 1.82) is 0 Å². The highest BCUT2D eigenvalue weighted by Crippen LogP contribution is 2.72. The number of aliphatic hydroxyl groups is 1. The normalized spacial score (nSPS) is 42.9. The van der Waals surface area contributed by atoms with Crippen LogP contribution in [-0.2, 0) is 14.9 Å². The summed E-state index contributed by atoms with van der Waals surface area (Å²) in [6.07, 6.45) is 2.16. The molecule has 6 heterocycles. The van der Waals surface area contributed by atoms with Gasteiger partial charge in [-0.25, -0.2) is 4.99 Å². The van der Waals surface area contributed by atoms with E-state index in [-0.39, 0.29) is 24.0 Å². The van der Waals surface area contributed by atoms with Crippen LogP contribution < -0.4 is 10.1 Å². The maximum atomic E-state index is 14.1. The molecule has 8 nitrogen and oxygen atoms in total. The van der Waals surface area contributed by atoms with Gasteiger partial charge in [0.25, 0.3) is 0 Å². The van der Waals surface area contributed by atoms with Crippen molar-refractivity contribution in [3.63, 3.8) is 0 Å². The molecule has 2 bridgehead atoms. The first-order chi connectivity index (χ1) is 16.7. The lowest BCUT2D eigenvalue weighted by Crippen LogP contribution is -2.74. The number of ketones is 1. The summed E-state index contributed by atoms with van der Waals surface area (Å²) in [5.41, 5.74) is -2.08. The second-order valence-corrected chi connectivity index (χ2v) is 13.4. The van der Waals surface area contributed by atoms with E-state index in [0.717, 1.165) is 12.1 Å². The van der Waals surface area contributed by atoms with Crippen molar-refractivity contribution in [2.75, 3.05) is 25.5 Å². The van der Waals surface area contributed by atoms with Gasteiger partial charge in [-0.05, 0) is 63.0 Å². The van der Waals surface area contributed by atoms with Crippen molar-refractivity contribution in [3.8, 4) is 5.75 Å². The topological polar surface area (TPSA) is 100 Å². The van der Waals surface area contributed by atoms with Gasteiger partial charge >= 0.3 is 0 Å². The van der Waals surface area contributed by atoms with Crippen LogP contribution >= 0.6 is 0 Å². The Kier molecular flexibility index (Phi) is 3.89. The Morgan fingerprint density at radius 2 is 1.94 bits per heavy atom. The number of aliphatic imine (C=N–C) groups is 1. The van der Waals surface area contributed by atoms with Crippen LogP contribution in [0.2, 0.25) is 0 Å². The van der Waals surface area contributed by atoms with E-state index in [4.69, 9.17) is 14.5 Å². The van der Waals surface area contributed by atoms with Crippen LogP contribution in [0.3, 0.4) is 0 Å². The van der Waals surface area contributed by atoms with Crippen molar-refractivity contribution >= 4 is 23.3 Å². The Bertz CT molecular complexity index is 1300. The highest BCUT2D eigenvalue weighted by Gasteiger charge is 2.79. The second-order valence-electron chi connectivity index (χ2n) is 13.4. The van der Waals surface area contributed by atoms with Crippen LogP contribution in [0.1, 0.15) is 76.2 Å².